The van der Waals surface area contributed by atoms with Gasteiger partial charge in [-0.3, -0.25) is 4.72 Å². The maximum absolute atomic E-state index is 12.6. The second-order valence-corrected chi connectivity index (χ2v) is 8.42. The van der Waals surface area contributed by atoms with Gasteiger partial charge >= 0.3 is 0 Å². The van der Waals surface area contributed by atoms with E-state index in [0.717, 1.165) is 31.2 Å². The number of nitrogens with one attached hydrogen (secondary N) is 1. The predicted octanol–water partition coefficient (Wildman–Crippen LogP) is 3.29. The molecule has 116 valence electrons. The van der Waals surface area contributed by atoms with Crippen LogP contribution in [-0.4, -0.2) is 20.5 Å². The molecule has 21 heavy (non-hydrogen) atoms. The molecule has 1 aromatic rings. The average Bonchev–Trinajstić information content (AvgIpc) is 2.40. The number of anilines is 1. The molecule has 1 N–H and O–H groups in total. The van der Waals surface area contributed by atoms with Crippen LogP contribution >= 0.6 is 0 Å². The first-order valence-electron chi connectivity index (χ1n) is 7.61. The van der Waals surface area contributed by atoms with Crippen LogP contribution in [0.5, 0.6) is 0 Å². The van der Waals surface area contributed by atoms with Gasteiger partial charge in [0.25, 0.3) is 10.0 Å². The van der Waals surface area contributed by atoms with Gasteiger partial charge in [-0.15, -0.1) is 0 Å². The van der Waals surface area contributed by atoms with E-state index in [0.29, 0.717) is 18.2 Å². The van der Waals surface area contributed by atoms with E-state index in [1.54, 1.807) is 12.1 Å². The van der Waals surface area contributed by atoms with Crippen molar-refractivity contribution < 1.29 is 13.2 Å². The summed E-state index contributed by atoms with van der Waals surface area (Å²) in [5.41, 5.74) is 0.855. The number of rotatable bonds is 3. The van der Waals surface area contributed by atoms with Crippen LogP contribution in [0.25, 0.3) is 0 Å². The first-order valence-corrected chi connectivity index (χ1v) is 9.16. The van der Waals surface area contributed by atoms with Crippen molar-refractivity contribution in [2.75, 3.05) is 11.3 Å². The van der Waals surface area contributed by atoms with Crippen molar-refractivity contribution in [3.63, 3.8) is 0 Å². The number of benzene rings is 1. The van der Waals surface area contributed by atoms with Crippen molar-refractivity contribution in [3.05, 3.63) is 29.8 Å². The molecule has 0 radical (unpaired) electrons. The van der Waals surface area contributed by atoms with E-state index in [1.165, 1.54) is 0 Å². The van der Waals surface area contributed by atoms with Crippen molar-refractivity contribution in [3.8, 4) is 0 Å². The lowest BCUT2D eigenvalue weighted by Gasteiger charge is -2.51. The average molecular weight is 309 g/mol. The molecule has 5 heteroatoms. The summed E-state index contributed by atoms with van der Waals surface area (Å²) in [6, 6.07) is 7.39. The zero-order valence-electron chi connectivity index (χ0n) is 12.6. The summed E-state index contributed by atoms with van der Waals surface area (Å²) < 4.78 is 33.3. The Bertz CT molecular complexity index is 601. The maximum atomic E-state index is 12.6. The second kappa shape index (κ2) is 5.29. The molecule has 3 rings (SSSR count). The lowest BCUT2D eigenvalue weighted by atomic mass is 9.69. The minimum Gasteiger partial charge on any atom is -0.359 e. The van der Waals surface area contributed by atoms with Crippen LogP contribution in [0.2, 0.25) is 0 Å². The molecule has 1 unspecified atom stereocenters. The summed E-state index contributed by atoms with van der Waals surface area (Å²) in [5, 5.41) is 0. The van der Waals surface area contributed by atoms with Crippen LogP contribution in [0.4, 0.5) is 5.69 Å². The number of hydrogen-bond donors (Lipinski definition) is 1. The largest absolute Gasteiger partial charge is 0.359 e. The molecule has 1 aliphatic carbocycles. The van der Waals surface area contributed by atoms with Crippen molar-refractivity contribution in [2.45, 2.75) is 45.0 Å². The molecule has 4 nitrogen and oxygen atoms in total. The highest BCUT2D eigenvalue weighted by molar-refractivity contribution is 7.93. The Morgan fingerprint density at radius 1 is 1.19 bits per heavy atom. The fourth-order valence-corrected chi connectivity index (χ4v) is 5.14. The summed E-state index contributed by atoms with van der Waals surface area (Å²) >= 11 is 0. The molecule has 1 spiro atoms. The zero-order valence-corrected chi connectivity index (χ0v) is 13.4. The molecule has 1 saturated heterocycles. The van der Waals surface area contributed by atoms with Gasteiger partial charge < -0.3 is 4.74 Å². The Labute approximate surface area is 126 Å². The van der Waals surface area contributed by atoms with E-state index >= 15 is 0 Å². The standard InChI is InChI=1S/C16H23NO3S/c1-12-3-5-14(6-4-12)17-21(18,19)15-16(11-20-15)9-7-13(2)8-10-16/h3-6,13,15,17H,7-11H2,1-2H3. The van der Waals surface area contributed by atoms with Gasteiger partial charge in [0.2, 0.25) is 0 Å². The van der Waals surface area contributed by atoms with E-state index < -0.39 is 15.5 Å². The monoisotopic (exact) mass is 309 g/mol. The molecule has 1 heterocycles. The third-order valence-electron chi connectivity index (χ3n) is 4.89. The van der Waals surface area contributed by atoms with Gasteiger partial charge in [-0.25, -0.2) is 8.42 Å². The van der Waals surface area contributed by atoms with Crippen LogP contribution in [0.1, 0.15) is 38.2 Å². The summed E-state index contributed by atoms with van der Waals surface area (Å²) in [4.78, 5) is 0. The fraction of sp³-hybridized carbons (Fsp3) is 0.625. The van der Waals surface area contributed by atoms with Crippen LogP contribution in [0.15, 0.2) is 24.3 Å². The van der Waals surface area contributed by atoms with E-state index in [4.69, 9.17) is 4.74 Å². The highest BCUT2D eigenvalue weighted by Gasteiger charge is 2.55. The lowest BCUT2D eigenvalue weighted by Crippen LogP contribution is -2.58. The molecule has 2 fully saturated rings. The molecule has 1 atom stereocenters. The van der Waals surface area contributed by atoms with Gasteiger partial charge in [0.05, 0.1) is 6.61 Å². The second-order valence-electron chi connectivity index (χ2n) is 6.70. The van der Waals surface area contributed by atoms with Crippen molar-refractivity contribution in [1.29, 1.82) is 0 Å². The smallest absolute Gasteiger partial charge is 0.260 e. The molecule has 2 aliphatic rings. The minimum absolute atomic E-state index is 0.164. The van der Waals surface area contributed by atoms with Crippen molar-refractivity contribution in [1.82, 2.24) is 0 Å². The van der Waals surface area contributed by atoms with Crippen LogP contribution in [0, 0.1) is 18.3 Å². The third kappa shape index (κ3) is 2.81. The topological polar surface area (TPSA) is 55.4 Å². The molecule has 1 aliphatic heterocycles. The quantitative estimate of drug-likeness (QED) is 0.932. The third-order valence-corrected chi connectivity index (χ3v) is 6.61. The van der Waals surface area contributed by atoms with E-state index in [9.17, 15) is 8.42 Å². The Balaban J connectivity index is 1.74. The Morgan fingerprint density at radius 3 is 2.33 bits per heavy atom. The Kier molecular flexibility index (Phi) is 3.74. The minimum atomic E-state index is -3.49. The van der Waals surface area contributed by atoms with Gasteiger partial charge in [-0.1, -0.05) is 24.6 Å². The number of ether oxygens (including phenoxy) is 1. The number of hydrogen-bond acceptors (Lipinski definition) is 3. The first kappa shape index (κ1) is 14.9. The summed E-state index contributed by atoms with van der Waals surface area (Å²) in [6.45, 7) is 4.80. The molecule has 0 bridgehead atoms. The summed E-state index contributed by atoms with van der Waals surface area (Å²) in [5.74, 6) is 0.699. The van der Waals surface area contributed by atoms with Gasteiger partial charge in [0.1, 0.15) is 0 Å². The van der Waals surface area contributed by atoms with Crippen LogP contribution in [-0.2, 0) is 14.8 Å². The highest BCUT2D eigenvalue weighted by Crippen LogP contribution is 2.50. The van der Waals surface area contributed by atoms with Gasteiger partial charge in [0.15, 0.2) is 5.44 Å². The Morgan fingerprint density at radius 2 is 1.81 bits per heavy atom. The zero-order chi connectivity index (χ0) is 15.1. The van der Waals surface area contributed by atoms with E-state index in [2.05, 4.69) is 11.6 Å². The number of aryl methyl sites for hydroxylation is 1. The summed E-state index contributed by atoms with van der Waals surface area (Å²) in [7, 11) is -3.49. The summed E-state index contributed by atoms with van der Waals surface area (Å²) in [6.07, 6.45) is 4.10. The molecule has 0 aromatic heterocycles. The molecule has 0 amide bonds. The predicted molar refractivity (Wildman–Crippen MR) is 83.5 cm³/mol. The van der Waals surface area contributed by atoms with Crippen molar-refractivity contribution in [2.24, 2.45) is 11.3 Å². The van der Waals surface area contributed by atoms with Crippen molar-refractivity contribution >= 4 is 15.7 Å². The fourth-order valence-electron chi connectivity index (χ4n) is 3.36. The van der Waals surface area contributed by atoms with Gasteiger partial charge in [-0.2, -0.15) is 0 Å². The lowest BCUT2D eigenvalue weighted by molar-refractivity contribution is -0.162. The van der Waals surface area contributed by atoms with Crippen LogP contribution < -0.4 is 4.72 Å². The van der Waals surface area contributed by atoms with E-state index in [-0.39, 0.29) is 5.41 Å². The SMILES string of the molecule is Cc1ccc(NS(=O)(=O)C2OCC23CCC(C)CC3)cc1. The first-order chi connectivity index (χ1) is 9.91. The molecular formula is C16H23NO3S. The van der Waals surface area contributed by atoms with E-state index in [1.807, 2.05) is 19.1 Å². The molecule has 1 saturated carbocycles. The molecule has 1 aromatic carbocycles. The molecular weight excluding hydrogens is 286 g/mol. The van der Waals surface area contributed by atoms with Gasteiger partial charge in [-0.05, 0) is 50.7 Å². The Hall–Kier alpha value is -1.07. The van der Waals surface area contributed by atoms with Crippen LogP contribution in [0.3, 0.4) is 0 Å². The highest BCUT2D eigenvalue weighted by atomic mass is 32.2. The normalized spacial score (nSPS) is 32.7. The van der Waals surface area contributed by atoms with Gasteiger partial charge in [0, 0.05) is 11.1 Å². The number of sulfonamides is 1. The maximum Gasteiger partial charge on any atom is 0.260 e.